The van der Waals surface area contributed by atoms with Crippen molar-refractivity contribution in [2.75, 3.05) is 0 Å². The van der Waals surface area contributed by atoms with Gasteiger partial charge in [0.25, 0.3) is 0 Å². The molecule has 0 radical (unpaired) electrons. The number of para-hydroxylation sites is 1. The van der Waals surface area contributed by atoms with E-state index >= 15 is 0 Å². The fourth-order valence-corrected chi connectivity index (χ4v) is 8.44. The molecule has 0 aliphatic rings. The number of nitrogens with zero attached hydrogens (tertiary/aromatic N) is 7. The molecule has 0 atom stereocenters. The number of rotatable bonds is 1. The third-order valence-electron chi connectivity index (χ3n) is 10.0. The van der Waals surface area contributed by atoms with Gasteiger partial charge in [0.05, 0.1) is 68.9 Å². The van der Waals surface area contributed by atoms with Crippen molar-refractivity contribution in [3.05, 3.63) is 116 Å². The molecule has 0 saturated heterocycles. The molecule has 0 unspecified atom stereocenters. The topological polar surface area (TPSA) is 65.3 Å². The predicted molar refractivity (Wildman–Crippen MR) is 181 cm³/mol. The molecule has 0 aliphatic heterocycles. The summed E-state index contributed by atoms with van der Waals surface area (Å²) in [5.74, 6) is 0. The van der Waals surface area contributed by atoms with Crippen molar-refractivity contribution in [2.24, 2.45) is 0 Å². The molecule has 0 amide bonds. The van der Waals surface area contributed by atoms with Gasteiger partial charge in [-0.25, -0.2) is 0 Å². The maximum absolute atomic E-state index is 4.58. The highest BCUT2D eigenvalue weighted by Gasteiger charge is 2.28. The Hall–Kier alpha value is -6.34. The van der Waals surface area contributed by atoms with Crippen LogP contribution in [0.1, 0.15) is 0 Å². The zero-order valence-corrected chi connectivity index (χ0v) is 23.6. The Balaban J connectivity index is 1.50. The Kier molecular flexibility index (Phi) is 3.66. The second kappa shape index (κ2) is 7.41. The number of benzene rings is 3. The van der Waals surface area contributed by atoms with E-state index in [0.29, 0.717) is 0 Å². The van der Waals surface area contributed by atoms with Crippen LogP contribution in [0.4, 0.5) is 0 Å². The Bertz CT molecular complexity index is 3000. The van der Waals surface area contributed by atoms with Gasteiger partial charge in [-0.05, 0) is 48.5 Å². The second-order valence-corrected chi connectivity index (χ2v) is 12.0. The summed E-state index contributed by atoms with van der Waals surface area (Å²) in [5.41, 5.74) is 10.3. The fraction of sp³-hybridized carbons (Fsp3) is 0. The van der Waals surface area contributed by atoms with Crippen LogP contribution in [0.25, 0.3) is 104 Å². The van der Waals surface area contributed by atoms with Crippen LogP contribution in [0.2, 0.25) is 0 Å². The molecule has 0 fully saturated rings. The van der Waals surface area contributed by atoms with Gasteiger partial charge in [-0.1, -0.05) is 18.2 Å². The first-order chi connectivity index (χ1) is 22.4. The van der Waals surface area contributed by atoms with Gasteiger partial charge >= 0.3 is 0 Å². The first-order valence-corrected chi connectivity index (χ1v) is 15.0. The standard InChI is InChI=1S/C38H19N7/c1-2-4-20(5-3-1)43-27-14-25-21-6-10-39-16-29(21)44-31-18-41-12-8-23(31)33(37(25)44)35(27)36-28(43)15-26-22-7-11-40-17-30(22)45-32-19-42-13-9-24(32)34(36)38(26)45/h1-19H. The maximum atomic E-state index is 4.58. The number of aromatic nitrogens is 7. The van der Waals surface area contributed by atoms with Crippen LogP contribution in [-0.4, -0.2) is 33.3 Å². The number of hydrogen-bond donors (Lipinski definition) is 0. The lowest BCUT2D eigenvalue weighted by atomic mass is 9.99. The van der Waals surface area contributed by atoms with Gasteiger partial charge < -0.3 is 13.4 Å². The monoisotopic (exact) mass is 573 g/mol. The molecule has 7 heteroatoms. The van der Waals surface area contributed by atoms with E-state index in [1.54, 1.807) is 0 Å². The van der Waals surface area contributed by atoms with Gasteiger partial charge in [0.2, 0.25) is 0 Å². The van der Waals surface area contributed by atoms with Gasteiger partial charge in [-0.3, -0.25) is 19.9 Å². The molecule has 9 aromatic heterocycles. The zero-order chi connectivity index (χ0) is 29.0. The lowest BCUT2D eigenvalue weighted by Gasteiger charge is -2.08. The molecule has 9 heterocycles. The molecule has 12 rings (SSSR count). The van der Waals surface area contributed by atoms with Crippen molar-refractivity contribution in [2.45, 2.75) is 0 Å². The molecule has 3 aromatic carbocycles. The van der Waals surface area contributed by atoms with Crippen molar-refractivity contribution < 1.29 is 0 Å². The van der Waals surface area contributed by atoms with Gasteiger partial charge in [-0.15, -0.1) is 0 Å². The highest BCUT2D eigenvalue weighted by Crippen LogP contribution is 2.51. The van der Waals surface area contributed by atoms with Crippen LogP contribution in [0.15, 0.2) is 116 Å². The minimum Gasteiger partial charge on any atom is -0.309 e. The van der Waals surface area contributed by atoms with Crippen LogP contribution < -0.4 is 0 Å². The lowest BCUT2D eigenvalue weighted by molar-refractivity contribution is 1.18. The molecule has 45 heavy (non-hydrogen) atoms. The van der Waals surface area contributed by atoms with Gasteiger partial charge in [0.15, 0.2) is 0 Å². The quantitative estimate of drug-likeness (QED) is 0.197. The third-order valence-corrected chi connectivity index (χ3v) is 10.0. The Labute approximate surface area is 252 Å². The Morgan fingerprint density at radius 2 is 0.800 bits per heavy atom. The van der Waals surface area contributed by atoms with E-state index in [-0.39, 0.29) is 0 Å². The molecule has 7 nitrogen and oxygen atoms in total. The van der Waals surface area contributed by atoms with Crippen molar-refractivity contribution in [3.8, 4) is 5.69 Å². The van der Waals surface area contributed by atoms with Crippen molar-refractivity contribution in [3.63, 3.8) is 0 Å². The van der Waals surface area contributed by atoms with E-state index in [1.807, 2.05) is 49.6 Å². The largest absolute Gasteiger partial charge is 0.309 e. The summed E-state index contributed by atoms with van der Waals surface area (Å²) in [6, 6.07) is 24.2. The van der Waals surface area contributed by atoms with E-state index in [4.69, 9.17) is 0 Å². The molecular weight excluding hydrogens is 554 g/mol. The van der Waals surface area contributed by atoms with Crippen LogP contribution in [0.3, 0.4) is 0 Å². The number of hydrogen-bond acceptors (Lipinski definition) is 4. The smallest absolute Gasteiger partial charge is 0.0725 e. The SMILES string of the molecule is c1ccc(-n2c3cc4c5ccncc5n5c6cnccc6c(c3c3c6c7ccncc7n7c8cnccc8c(cc32)c67)c45)cc1. The van der Waals surface area contributed by atoms with E-state index in [9.17, 15) is 0 Å². The van der Waals surface area contributed by atoms with E-state index < -0.39 is 0 Å². The highest BCUT2D eigenvalue weighted by atomic mass is 15.0. The van der Waals surface area contributed by atoms with Crippen LogP contribution >= 0.6 is 0 Å². The molecule has 0 bridgehead atoms. The summed E-state index contributed by atoms with van der Waals surface area (Å²) in [7, 11) is 0. The van der Waals surface area contributed by atoms with Gasteiger partial charge in [0.1, 0.15) is 0 Å². The minimum atomic E-state index is 1.09. The molecule has 206 valence electrons. The average molecular weight is 574 g/mol. The summed E-state index contributed by atoms with van der Waals surface area (Å²) in [4.78, 5) is 18.2. The van der Waals surface area contributed by atoms with Crippen LogP contribution in [-0.2, 0) is 0 Å². The van der Waals surface area contributed by atoms with Gasteiger partial charge in [0, 0.05) is 84.3 Å². The predicted octanol–water partition coefficient (Wildman–Crippen LogP) is 8.66. The highest BCUT2D eigenvalue weighted by molar-refractivity contribution is 6.42. The second-order valence-electron chi connectivity index (χ2n) is 12.0. The van der Waals surface area contributed by atoms with Crippen LogP contribution in [0, 0.1) is 0 Å². The summed E-state index contributed by atoms with van der Waals surface area (Å²) in [5, 5.41) is 12.2. The lowest BCUT2D eigenvalue weighted by Crippen LogP contribution is -1.93. The average Bonchev–Trinajstić information content (AvgIpc) is 3.87. The maximum Gasteiger partial charge on any atom is 0.0725 e. The Morgan fingerprint density at radius 1 is 0.378 bits per heavy atom. The van der Waals surface area contributed by atoms with Gasteiger partial charge in [-0.2, -0.15) is 0 Å². The molecular formula is C38H19N7. The van der Waals surface area contributed by atoms with E-state index in [1.165, 1.54) is 75.9 Å². The fourth-order valence-electron chi connectivity index (χ4n) is 8.44. The number of fused-ring (bicyclic) bond motifs is 17. The summed E-state index contributed by atoms with van der Waals surface area (Å²) < 4.78 is 7.18. The molecule has 0 aliphatic carbocycles. The first kappa shape index (κ1) is 22.2. The molecule has 12 aromatic rings. The van der Waals surface area contributed by atoms with E-state index in [0.717, 1.165) is 27.8 Å². The normalized spacial score (nSPS) is 12.9. The van der Waals surface area contributed by atoms with Crippen molar-refractivity contribution >= 4 is 98.0 Å². The summed E-state index contributed by atoms with van der Waals surface area (Å²) in [6.45, 7) is 0. The van der Waals surface area contributed by atoms with Crippen molar-refractivity contribution in [1.82, 2.24) is 33.3 Å². The number of pyridine rings is 4. The van der Waals surface area contributed by atoms with Crippen molar-refractivity contribution in [1.29, 1.82) is 0 Å². The minimum absolute atomic E-state index is 1.09. The molecule has 0 spiro atoms. The zero-order valence-electron chi connectivity index (χ0n) is 23.6. The summed E-state index contributed by atoms with van der Waals surface area (Å²) >= 11 is 0. The summed E-state index contributed by atoms with van der Waals surface area (Å²) in [6.07, 6.45) is 15.6. The third kappa shape index (κ3) is 2.39. The Morgan fingerprint density at radius 3 is 1.27 bits per heavy atom. The molecule has 0 N–H and O–H groups in total. The first-order valence-electron chi connectivity index (χ1n) is 15.0. The van der Waals surface area contributed by atoms with E-state index in [2.05, 4.69) is 100 Å². The molecule has 0 saturated carbocycles. The van der Waals surface area contributed by atoms with Crippen LogP contribution in [0.5, 0.6) is 0 Å².